The maximum absolute atomic E-state index is 11.9. The minimum atomic E-state index is -0.379. The first-order valence-electron chi connectivity index (χ1n) is 5.82. The third-order valence-corrected chi connectivity index (χ3v) is 3.62. The molecule has 0 aromatic rings. The van der Waals surface area contributed by atoms with E-state index in [0.29, 0.717) is 19.8 Å². The van der Waals surface area contributed by atoms with Crippen LogP contribution in [0.1, 0.15) is 6.42 Å². The van der Waals surface area contributed by atoms with Gasteiger partial charge < -0.3 is 19.0 Å². The van der Waals surface area contributed by atoms with Gasteiger partial charge in [-0.25, -0.2) is 0 Å². The molecule has 6 heteroatoms. The molecule has 6 nitrogen and oxygen atoms in total. The van der Waals surface area contributed by atoms with E-state index in [9.17, 15) is 4.79 Å². The molecule has 3 aliphatic rings. The molecular formula is C11H15NO5. The average Bonchev–Trinajstić information content (AvgIpc) is 3.02. The molecule has 17 heavy (non-hydrogen) atoms. The van der Waals surface area contributed by atoms with Gasteiger partial charge in [0.05, 0.1) is 26.0 Å². The highest BCUT2D eigenvalue weighted by atomic mass is 16.7. The minimum absolute atomic E-state index is 0.00222. The van der Waals surface area contributed by atoms with Crippen LogP contribution in [0.3, 0.4) is 0 Å². The lowest BCUT2D eigenvalue weighted by molar-refractivity contribution is -0.151. The van der Waals surface area contributed by atoms with Crippen molar-refractivity contribution >= 4 is 11.7 Å². The Labute approximate surface area is 98.8 Å². The molecule has 2 fully saturated rings. The number of rotatable bonds is 2. The van der Waals surface area contributed by atoms with Crippen LogP contribution in [0.25, 0.3) is 0 Å². The summed E-state index contributed by atoms with van der Waals surface area (Å²) in [7, 11) is 1.39. The predicted molar refractivity (Wildman–Crippen MR) is 56.2 cm³/mol. The summed E-state index contributed by atoms with van der Waals surface area (Å²) < 4.78 is 15.8. The van der Waals surface area contributed by atoms with Gasteiger partial charge >= 0.3 is 5.97 Å². The van der Waals surface area contributed by atoms with Gasteiger partial charge in [0.15, 0.2) is 6.29 Å². The summed E-state index contributed by atoms with van der Waals surface area (Å²) in [4.78, 5) is 16.9. The summed E-state index contributed by atoms with van der Waals surface area (Å²) in [6, 6.07) is 0. The largest absolute Gasteiger partial charge is 0.469 e. The number of methoxy groups -OCH3 is 1. The van der Waals surface area contributed by atoms with E-state index in [0.717, 1.165) is 12.1 Å². The fourth-order valence-electron chi connectivity index (χ4n) is 2.86. The van der Waals surface area contributed by atoms with Crippen molar-refractivity contribution in [2.45, 2.75) is 12.7 Å². The van der Waals surface area contributed by atoms with Crippen molar-refractivity contribution in [3.05, 3.63) is 0 Å². The average molecular weight is 241 g/mol. The molecule has 0 unspecified atom stereocenters. The molecule has 0 bridgehead atoms. The highest BCUT2D eigenvalue weighted by molar-refractivity contribution is 6.05. The third kappa shape index (κ3) is 1.71. The Morgan fingerprint density at radius 3 is 2.88 bits per heavy atom. The van der Waals surface area contributed by atoms with E-state index >= 15 is 0 Å². The van der Waals surface area contributed by atoms with Crippen LogP contribution in [0, 0.1) is 17.8 Å². The maximum Gasteiger partial charge on any atom is 0.315 e. The van der Waals surface area contributed by atoms with Crippen molar-refractivity contribution < 1.29 is 23.8 Å². The molecule has 0 amide bonds. The molecule has 0 radical (unpaired) electrons. The van der Waals surface area contributed by atoms with Crippen LogP contribution in [0.4, 0.5) is 0 Å². The van der Waals surface area contributed by atoms with Gasteiger partial charge in [-0.05, 0) is 6.42 Å². The van der Waals surface area contributed by atoms with Gasteiger partial charge in [-0.2, -0.15) is 0 Å². The molecule has 1 saturated heterocycles. The first kappa shape index (κ1) is 11.0. The van der Waals surface area contributed by atoms with Crippen LogP contribution in [-0.2, 0) is 23.8 Å². The first-order valence-corrected chi connectivity index (χ1v) is 5.82. The third-order valence-electron chi connectivity index (χ3n) is 3.62. The number of nitrogens with zero attached hydrogens (tertiary/aromatic N) is 1. The number of fused-ring (bicyclic) bond motifs is 1. The van der Waals surface area contributed by atoms with Crippen molar-refractivity contribution in [2.75, 3.05) is 26.9 Å². The molecule has 94 valence electrons. The second-order valence-corrected chi connectivity index (χ2v) is 4.52. The fraction of sp³-hybridized carbons (Fsp3) is 0.818. The number of carbonyl (C=O) groups excluding carboxylic acids is 1. The fourth-order valence-corrected chi connectivity index (χ4v) is 2.86. The lowest BCUT2D eigenvalue weighted by atomic mass is 9.94. The van der Waals surface area contributed by atoms with Crippen LogP contribution in [0.5, 0.6) is 0 Å². The Hall–Kier alpha value is -1.14. The molecule has 0 N–H and O–H groups in total. The van der Waals surface area contributed by atoms with Gasteiger partial charge in [0.1, 0.15) is 12.5 Å². The number of hydrogen-bond donors (Lipinski definition) is 0. The Balaban J connectivity index is 1.84. The Bertz CT molecular complexity index is 350. The first-order chi connectivity index (χ1) is 8.31. The summed E-state index contributed by atoms with van der Waals surface area (Å²) >= 11 is 0. The highest BCUT2D eigenvalue weighted by Gasteiger charge is 2.52. The quantitative estimate of drug-likeness (QED) is 0.645. The van der Waals surface area contributed by atoms with Gasteiger partial charge in [-0.1, -0.05) is 5.16 Å². The number of esters is 1. The molecule has 1 aliphatic carbocycles. The SMILES string of the molecule is COC(=O)[C@H]1C2=NOC[C@@H]2C[C@H]1C1OCCO1. The van der Waals surface area contributed by atoms with Gasteiger partial charge in [0, 0.05) is 11.8 Å². The van der Waals surface area contributed by atoms with Crippen molar-refractivity contribution in [2.24, 2.45) is 22.9 Å². The van der Waals surface area contributed by atoms with Crippen LogP contribution in [0.2, 0.25) is 0 Å². The lowest BCUT2D eigenvalue weighted by Gasteiger charge is -2.22. The van der Waals surface area contributed by atoms with Crippen LogP contribution >= 0.6 is 0 Å². The monoisotopic (exact) mass is 241 g/mol. The van der Waals surface area contributed by atoms with E-state index in [1.165, 1.54) is 7.11 Å². The normalized spacial score (nSPS) is 36.5. The highest BCUT2D eigenvalue weighted by Crippen LogP contribution is 2.41. The van der Waals surface area contributed by atoms with E-state index in [1.54, 1.807) is 0 Å². The van der Waals surface area contributed by atoms with E-state index in [4.69, 9.17) is 19.0 Å². The predicted octanol–water partition coefficient (Wildman–Crippen LogP) is 0.171. The summed E-state index contributed by atoms with van der Waals surface area (Å²) in [5.74, 6) is -0.453. The molecular weight excluding hydrogens is 226 g/mol. The Kier molecular flexibility index (Phi) is 2.76. The molecule has 0 aromatic carbocycles. The zero-order chi connectivity index (χ0) is 11.8. The summed E-state index contributed by atoms with van der Waals surface area (Å²) in [5.41, 5.74) is 0.793. The standard InChI is InChI=1S/C11H15NO5/c1-14-10(13)8-7(11-15-2-3-16-11)4-6-5-17-12-9(6)8/h6-8,11H,2-5H2,1H3/t6-,7+,8+/m0/s1. The molecule has 2 aliphatic heterocycles. The molecule has 1 saturated carbocycles. The Morgan fingerprint density at radius 1 is 1.41 bits per heavy atom. The van der Waals surface area contributed by atoms with Gasteiger partial charge in [-0.15, -0.1) is 0 Å². The van der Waals surface area contributed by atoms with E-state index in [1.807, 2.05) is 0 Å². The number of oxime groups is 1. The van der Waals surface area contributed by atoms with Crippen LogP contribution in [0.15, 0.2) is 5.16 Å². The lowest BCUT2D eigenvalue weighted by Crippen LogP contribution is -2.33. The second-order valence-electron chi connectivity index (χ2n) is 4.52. The molecule has 3 atom stereocenters. The summed E-state index contributed by atoms with van der Waals surface area (Å²) in [5, 5.41) is 3.97. The second kappa shape index (κ2) is 4.27. The van der Waals surface area contributed by atoms with Crippen molar-refractivity contribution in [3.8, 4) is 0 Å². The van der Waals surface area contributed by atoms with Crippen LogP contribution < -0.4 is 0 Å². The molecule has 2 heterocycles. The summed E-state index contributed by atoms with van der Waals surface area (Å²) in [6.07, 6.45) is 0.496. The zero-order valence-corrected chi connectivity index (χ0v) is 9.63. The molecule has 0 aromatic heterocycles. The number of hydrogen-bond acceptors (Lipinski definition) is 6. The van der Waals surface area contributed by atoms with Gasteiger partial charge in [0.25, 0.3) is 0 Å². The zero-order valence-electron chi connectivity index (χ0n) is 9.63. The number of carbonyl (C=O) groups is 1. The summed E-state index contributed by atoms with van der Waals surface area (Å²) in [6.45, 7) is 1.72. The Morgan fingerprint density at radius 2 is 2.18 bits per heavy atom. The minimum Gasteiger partial charge on any atom is -0.469 e. The van der Waals surface area contributed by atoms with E-state index in [2.05, 4.69) is 5.16 Å². The van der Waals surface area contributed by atoms with Crippen molar-refractivity contribution in [1.82, 2.24) is 0 Å². The maximum atomic E-state index is 11.9. The van der Waals surface area contributed by atoms with Crippen molar-refractivity contribution in [1.29, 1.82) is 0 Å². The van der Waals surface area contributed by atoms with Crippen molar-refractivity contribution in [3.63, 3.8) is 0 Å². The number of ether oxygens (including phenoxy) is 3. The smallest absolute Gasteiger partial charge is 0.315 e. The van der Waals surface area contributed by atoms with E-state index < -0.39 is 0 Å². The van der Waals surface area contributed by atoms with E-state index in [-0.39, 0.29) is 30.0 Å². The molecule has 3 rings (SSSR count). The van der Waals surface area contributed by atoms with Gasteiger partial charge in [-0.3, -0.25) is 4.79 Å². The molecule has 0 spiro atoms. The van der Waals surface area contributed by atoms with Crippen LogP contribution in [-0.4, -0.2) is 44.9 Å². The van der Waals surface area contributed by atoms with Gasteiger partial charge in [0.2, 0.25) is 0 Å². The topological polar surface area (TPSA) is 66.4 Å².